The summed E-state index contributed by atoms with van der Waals surface area (Å²) in [6.07, 6.45) is 0.742. The molecule has 2 amide bonds. The van der Waals surface area contributed by atoms with E-state index in [2.05, 4.69) is 5.32 Å². The molecule has 0 saturated carbocycles. The minimum absolute atomic E-state index is 0.0123. The molecular weight excluding hydrogens is 376 g/mol. The molecule has 0 bridgehead atoms. The SMILES string of the molecule is N#Cc1ccccc1S(=O)(=O)N1CCN(C(=O)NCCc2ccccc2)CC1. The van der Waals surface area contributed by atoms with Gasteiger partial charge in [-0.15, -0.1) is 0 Å². The third kappa shape index (κ3) is 4.50. The van der Waals surface area contributed by atoms with Crippen molar-refractivity contribution >= 4 is 16.1 Å². The molecule has 1 saturated heterocycles. The lowest BCUT2D eigenvalue weighted by Gasteiger charge is -2.34. The fraction of sp³-hybridized carbons (Fsp3) is 0.300. The molecule has 1 heterocycles. The van der Waals surface area contributed by atoms with E-state index in [9.17, 15) is 13.2 Å². The van der Waals surface area contributed by atoms with Gasteiger partial charge < -0.3 is 10.2 Å². The fourth-order valence-corrected chi connectivity index (χ4v) is 4.69. The number of carbonyl (C=O) groups excluding carboxylic acids is 1. The van der Waals surface area contributed by atoms with Gasteiger partial charge in [-0.2, -0.15) is 9.57 Å². The van der Waals surface area contributed by atoms with Crippen LogP contribution in [0.3, 0.4) is 0 Å². The molecule has 0 radical (unpaired) electrons. The van der Waals surface area contributed by atoms with Crippen LogP contribution in [0.4, 0.5) is 4.79 Å². The monoisotopic (exact) mass is 398 g/mol. The number of sulfonamides is 1. The van der Waals surface area contributed by atoms with E-state index in [4.69, 9.17) is 5.26 Å². The molecule has 2 aromatic carbocycles. The predicted octanol–water partition coefficient (Wildman–Crippen LogP) is 1.82. The first kappa shape index (κ1) is 19.9. The Morgan fingerprint density at radius 2 is 1.64 bits per heavy atom. The summed E-state index contributed by atoms with van der Waals surface area (Å²) in [5.74, 6) is 0. The number of nitrogens with one attached hydrogen (secondary N) is 1. The highest BCUT2D eigenvalue weighted by molar-refractivity contribution is 7.89. The summed E-state index contributed by atoms with van der Waals surface area (Å²) < 4.78 is 27.0. The molecule has 0 unspecified atom stereocenters. The van der Waals surface area contributed by atoms with Crippen LogP contribution in [0.15, 0.2) is 59.5 Å². The Morgan fingerprint density at radius 1 is 1.00 bits per heavy atom. The normalized spacial score (nSPS) is 15.0. The van der Waals surface area contributed by atoms with Crippen molar-refractivity contribution in [3.05, 3.63) is 65.7 Å². The zero-order valence-corrected chi connectivity index (χ0v) is 16.2. The molecule has 1 aliphatic rings. The summed E-state index contributed by atoms with van der Waals surface area (Å²) in [6.45, 7) is 1.55. The number of amides is 2. The molecule has 2 aromatic rings. The van der Waals surface area contributed by atoms with Crippen LogP contribution in [0.25, 0.3) is 0 Å². The van der Waals surface area contributed by atoms with Gasteiger partial charge in [0, 0.05) is 32.7 Å². The van der Waals surface area contributed by atoms with Gasteiger partial charge in [0.25, 0.3) is 0 Å². The third-order valence-electron chi connectivity index (χ3n) is 4.68. The maximum atomic E-state index is 12.8. The fourth-order valence-electron chi connectivity index (χ4n) is 3.12. The summed E-state index contributed by atoms with van der Waals surface area (Å²) in [6, 6.07) is 17.8. The molecule has 8 heteroatoms. The number of carbonyl (C=O) groups is 1. The lowest BCUT2D eigenvalue weighted by atomic mass is 10.1. The molecule has 3 rings (SSSR count). The zero-order valence-electron chi connectivity index (χ0n) is 15.4. The van der Waals surface area contributed by atoms with Gasteiger partial charge in [-0.25, -0.2) is 13.2 Å². The van der Waals surface area contributed by atoms with Crippen molar-refractivity contribution in [3.8, 4) is 6.07 Å². The van der Waals surface area contributed by atoms with Gasteiger partial charge in [-0.1, -0.05) is 42.5 Å². The average Bonchev–Trinajstić information content (AvgIpc) is 2.74. The van der Waals surface area contributed by atoms with Gasteiger partial charge in [0.05, 0.1) is 10.5 Å². The van der Waals surface area contributed by atoms with E-state index < -0.39 is 10.0 Å². The first-order chi connectivity index (χ1) is 13.5. The number of urea groups is 1. The summed E-state index contributed by atoms with van der Waals surface area (Å²) >= 11 is 0. The Kier molecular flexibility index (Phi) is 6.29. The van der Waals surface area contributed by atoms with Crippen molar-refractivity contribution in [1.29, 1.82) is 5.26 Å². The molecule has 1 aliphatic heterocycles. The highest BCUT2D eigenvalue weighted by Crippen LogP contribution is 2.21. The molecule has 0 aromatic heterocycles. The summed E-state index contributed by atoms with van der Waals surface area (Å²) in [4.78, 5) is 13.9. The zero-order chi connectivity index (χ0) is 20.0. The minimum Gasteiger partial charge on any atom is -0.338 e. The van der Waals surface area contributed by atoms with Crippen molar-refractivity contribution in [3.63, 3.8) is 0 Å². The van der Waals surface area contributed by atoms with E-state index in [1.54, 1.807) is 17.0 Å². The van der Waals surface area contributed by atoms with Gasteiger partial charge in [-0.3, -0.25) is 0 Å². The Balaban J connectivity index is 1.54. The second-order valence-corrected chi connectivity index (χ2v) is 8.37. The smallest absolute Gasteiger partial charge is 0.317 e. The van der Waals surface area contributed by atoms with Crippen molar-refractivity contribution in [2.24, 2.45) is 0 Å². The molecule has 0 aliphatic carbocycles. The maximum Gasteiger partial charge on any atom is 0.317 e. The van der Waals surface area contributed by atoms with E-state index in [1.165, 1.54) is 16.4 Å². The number of hydrogen-bond donors (Lipinski definition) is 1. The Bertz CT molecular complexity index is 962. The summed E-state index contributed by atoms with van der Waals surface area (Å²) in [5.41, 5.74) is 1.28. The summed E-state index contributed by atoms with van der Waals surface area (Å²) in [5, 5.41) is 12.0. The molecule has 146 valence electrons. The topological polar surface area (TPSA) is 93.5 Å². The van der Waals surface area contributed by atoms with Crippen molar-refractivity contribution in [2.45, 2.75) is 11.3 Å². The number of benzene rings is 2. The molecule has 7 nitrogen and oxygen atoms in total. The first-order valence-electron chi connectivity index (χ1n) is 9.08. The standard InChI is InChI=1S/C20H22N4O3S/c21-16-18-8-4-5-9-19(18)28(26,27)24-14-12-23(13-15-24)20(25)22-11-10-17-6-2-1-3-7-17/h1-9H,10-15H2,(H,22,25). The van der Waals surface area contributed by atoms with Gasteiger partial charge in [-0.05, 0) is 24.1 Å². The highest BCUT2D eigenvalue weighted by Gasteiger charge is 2.31. The number of rotatable bonds is 5. The molecule has 0 atom stereocenters. The Labute approximate surface area is 165 Å². The van der Waals surface area contributed by atoms with Crippen LogP contribution >= 0.6 is 0 Å². The first-order valence-corrected chi connectivity index (χ1v) is 10.5. The van der Waals surface area contributed by atoms with Crippen molar-refractivity contribution in [1.82, 2.24) is 14.5 Å². The molecule has 1 fully saturated rings. The van der Waals surface area contributed by atoms with Gasteiger partial charge in [0.15, 0.2) is 0 Å². The van der Waals surface area contributed by atoms with Crippen LogP contribution in [0.2, 0.25) is 0 Å². The molecular formula is C20H22N4O3S. The summed E-state index contributed by atoms with van der Waals surface area (Å²) in [7, 11) is -3.75. The predicted molar refractivity (Wildman–Crippen MR) is 105 cm³/mol. The van der Waals surface area contributed by atoms with Crippen LogP contribution in [0, 0.1) is 11.3 Å². The van der Waals surface area contributed by atoms with Crippen molar-refractivity contribution < 1.29 is 13.2 Å². The Hall–Kier alpha value is -2.89. The van der Waals surface area contributed by atoms with E-state index >= 15 is 0 Å². The average molecular weight is 398 g/mol. The second kappa shape index (κ2) is 8.87. The van der Waals surface area contributed by atoms with Gasteiger partial charge in [0.2, 0.25) is 10.0 Å². The van der Waals surface area contributed by atoms with Crippen molar-refractivity contribution in [2.75, 3.05) is 32.7 Å². The second-order valence-electron chi connectivity index (χ2n) is 6.47. The highest BCUT2D eigenvalue weighted by atomic mass is 32.2. The van der Waals surface area contributed by atoms with E-state index in [-0.39, 0.29) is 29.6 Å². The van der Waals surface area contributed by atoms with Crippen LogP contribution in [-0.2, 0) is 16.4 Å². The van der Waals surface area contributed by atoms with Crippen LogP contribution in [0.1, 0.15) is 11.1 Å². The van der Waals surface area contributed by atoms with Gasteiger partial charge >= 0.3 is 6.03 Å². The Morgan fingerprint density at radius 3 is 2.32 bits per heavy atom. The third-order valence-corrected chi connectivity index (χ3v) is 6.64. The number of nitriles is 1. The number of nitrogens with zero attached hydrogens (tertiary/aromatic N) is 3. The quantitative estimate of drug-likeness (QED) is 0.831. The van der Waals surface area contributed by atoms with Crippen LogP contribution in [-0.4, -0.2) is 56.4 Å². The minimum atomic E-state index is -3.75. The van der Waals surface area contributed by atoms with E-state index in [0.717, 1.165) is 12.0 Å². The van der Waals surface area contributed by atoms with Gasteiger partial charge in [0.1, 0.15) is 6.07 Å². The van der Waals surface area contributed by atoms with Crippen LogP contribution < -0.4 is 5.32 Å². The molecule has 28 heavy (non-hydrogen) atoms. The maximum absolute atomic E-state index is 12.8. The number of hydrogen-bond acceptors (Lipinski definition) is 4. The van der Waals surface area contributed by atoms with E-state index in [1.807, 2.05) is 36.4 Å². The van der Waals surface area contributed by atoms with Crippen LogP contribution in [0.5, 0.6) is 0 Å². The molecule has 0 spiro atoms. The molecule has 1 N–H and O–H groups in total. The lowest BCUT2D eigenvalue weighted by Crippen LogP contribution is -2.53. The number of piperazine rings is 1. The van der Waals surface area contributed by atoms with E-state index in [0.29, 0.717) is 19.6 Å². The largest absolute Gasteiger partial charge is 0.338 e. The lowest BCUT2D eigenvalue weighted by molar-refractivity contribution is 0.172.